The average Bonchev–Trinajstić information content (AvgIpc) is 3.06. The number of aliphatic hydroxyl groups is 1. The predicted molar refractivity (Wildman–Crippen MR) is 59.6 cm³/mol. The maximum atomic E-state index is 10.0. The third-order valence-electron chi connectivity index (χ3n) is 2.92. The van der Waals surface area contributed by atoms with E-state index in [9.17, 15) is 5.11 Å². The van der Waals surface area contributed by atoms with Gasteiger partial charge in [-0.25, -0.2) is 0 Å². The van der Waals surface area contributed by atoms with Gasteiger partial charge in [-0.3, -0.25) is 0 Å². The summed E-state index contributed by atoms with van der Waals surface area (Å²) in [6.45, 7) is 2.17. The number of ether oxygens (including phenoxy) is 1. The monoisotopic (exact) mass is 206 g/mol. The van der Waals surface area contributed by atoms with Gasteiger partial charge < -0.3 is 9.84 Å². The minimum absolute atomic E-state index is 0.0268. The van der Waals surface area contributed by atoms with Crippen molar-refractivity contribution in [3.8, 4) is 0 Å². The van der Waals surface area contributed by atoms with E-state index in [0.29, 0.717) is 0 Å². The van der Waals surface area contributed by atoms with Crippen molar-refractivity contribution < 1.29 is 9.84 Å². The van der Waals surface area contributed by atoms with Crippen molar-refractivity contribution >= 4 is 0 Å². The number of hydrogen-bond acceptors (Lipinski definition) is 2. The van der Waals surface area contributed by atoms with Gasteiger partial charge in [0.25, 0.3) is 0 Å². The molecule has 0 bridgehead atoms. The Morgan fingerprint density at radius 1 is 1.33 bits per heavy atom. The van der Waals surface area contributed by atoms with Gasteiger partial charge in [0.05, 0.1) is 6.10 Å². The topological polar surface area (TPSA) is 32.8 Å². The Hall–Kier alpha value is -0.860. The number of hydrogen-bond donors (Lipinski definition) is 1. The molecule has 82 valence electrons. The molecular weight excluding hydrogens is 188 g/mol. The zero-order valence-corrected chi connectivity index (χ0v) is 9.10. The van der Waals surface area contributed by atoms with Crippen LogP contribution in [0.2, 0.25) is 0 Å². The van der Waals surface area contributed by atoms with Gasteiger partial charge in [0.1, 0.15) is 12.2 Å². The van der Waals surface area contributed by atoms with Crippen LogP contribution in [0, 0.1) is 0 Å². The van der Waals surface area contributed by atoms with Crippen LogP contribution in [0.15, 0.2) is 30.3 Å². The normalized spacial score (nSPS) is 26.3. The molecule has 2 nitrogen and oxygen atoms in total. The molecule has 1 heterocycles. The zero-order chi connectivity index (χ0) is 10.7. The van der Waals surface area contributed by atoms with Gasteiger partial charge in [0, 0.05) is 0 Å². The summed E-state index contributed by atoms with van der Waals surface area (Å²) in [5, 5.41) is 10.0. The minimum Gasteiger partial charge on any atom is -0.386 e. The second-order valence-electron chi connectivity index (χ2n) is 4.14. The smallest absolute Gasteiger partial charge is 0.114 e. The Morgan fingerprint density at radius 3 is 2.73 bits per heavy atom. The fourth-order valence-electron chi connectivity index (χ4n) is 1.91. The van der Waals surface area contributed by atoms with Crippen LogP contribution in [0.4, 0.5) is 0 Å². The predicted octanol–water partition coefficient (Wildman–Crippen LogP) is 2.68. The van der Waals surface area contributed by atoms with Gasteiger partial charge in [0.2, 0.25) is 0 Å². The van der Waals surface area contributed by atoms with Crippen LogP contribution in [0.5, 0.6) is 0 Å². The molecule has 1 aliphatic heterocycles. The highest BCUT2D eigenvalue weighted by Gasteiger charge is 2.43. The third kappa shape index (κ3) is 2.58. The Balaban J connectivity index is 1.86. The van der Waals surface area contributed by atoms with E-state index >= 15 is 0 Å². The molecule has 0 aliphatic carbocycles. The first-order valence-corrected chi connectivity index (χ1v) is 5.71. The number of benzene rings is 1. The molecule has 0 aromatic heterocycles. The van der Waals surface area contributed by atoms with Gasteiger partial charge in [-0.1, -0.05) is 50.1 Å². The highest BCUT2D eigenvalue weighted by molar-refractivity contribution is 5.20. The lowest BCUT2D eigenvalue weighted by Gasteiger charge is -2.07. The van der Waals surface area contributed by atoms with Crippen LogP contribution < -0.4 is 0 Å². The number of unbranched alkanes of at least 4 members (excludes halogenated alkanes) is 1. The zero-order valence-electron chi connectivity index (χ0n) is 9.10. The Bertz CT molecular complexity index is 297. The fraction of sp³-hybridized carbons (Fsp3) is 0.538. The van der Waals surface area contributed by atoms with Gasteiger partial charge in [-0.15, -0.1) is 0 Å². The Labute approximate surface area is 90.9 Å². The third-order valence-corrected chi connectivity index (χ3v) is 2.92. The van der Waals surface area contributed by atoms with E-state index in [0.717, 1.165) is 12.0 Å². The van der Waals surface area contributed by atoms with Crippen molar-refractivity contribution in [2.75, 3.05) is 0 Å². The quantitative estimate of drug-likeness (QED) is 0.751. The fourth-order valence-corrected chi connectivity index (χ4v) is 1.91. The number of aliphatic hydroxyl groups excluding tert-OH is 1. The van der Waals surface area contributed by atoms with Crippen LogP contribution in [0.3, 0.4) is 0 Å². The standard InChI is InChI=1S/C13H18O2/c1-2-3-9-11-13(15-11)12(14)10-7-5-4-6-8-10/h4-8,11-14H,2-3,9H2,1H3/t11-,12+,13+/m0/s1. The molecule has 2 heteroatoms. The van der Waals surface area contributed by atoms with Crippen molar-refractivity contribution in [2.24, 2.45) is 0 Å². The lowest BCUT2D eigenvalue weighted by Crippen LogP contribution is -2.08. The highest BCUT2D eigenvalue weighted by Crippen LogP contribution is 2.36. The van der Waals surface area contributed by atoms with Crippen molar-refractivity contribution in [3.05, 3.63) is 35.9 Å². The van der Waals surface area contributed by atoms with Crippen LogP contribution >= 0.6 is 0 Å². The molecule has 3 atom stereocenters. The van der Waals surface area contributed by atoms with Crippen LogP contribution in [-0.4, -0.2) is 17.3 Å². The molecule has 1 aromatic carbocycles. The van der Waals surface area contributed by atoms with Gasteiger partial charge in [-0.05, 0) is 12.0 Å². The molecular formula is C13H18O2. The molecule has 0 unspecified atom stereocenters. The largest absolute Gasteiger partial charge is 0.386 e. The number of epoxide rings is 1. The van der Waals surface area contributed by atoms with Crippen molar-refractivity contribution in [1.29, 1.82) is 0 Å². The van der Waals surface area contributed by atoms with Gasteiger partial charge in [0.15, 0.2) is 0 Å². The van der Waals surface area contributed by atoms with Gasteiger partial charge in [-0.2, -0.15) is 0 Å². The first-order valence-electron chi connectivity index (χ1n) is 5.71. The molecule has 1 N–H and O–H groups in total. The van der Waals surface area contributed by atoms with E-state index in [2.05, 4.69) is 6.92 Å². The van der Waals surface area contributed by atoms with Crippen LogP contribution in [0.1, 0.15) is 37.9 Å². The van der Waals surface area contributed by atoms with E-state index in [4.69, 9.17) is 4.74 Å². The molecule has 2 rings (SSSR count). The van der Waals surface area contributed by atoms with E-state index in [1.807, 2.05) is 30.3 Å². The highest BCUT2D eigenvalue weighted by atomic mass is 16.6. The molecule has 0 radical (unpaired) electrons. The summed E-state index contributed by atoms with van der Waals surface area (Å²) >= 11 is 0. The average molecular weight is 206 g/mol. The van der Waals surface area contributed by atoms with E-state index < -0.39 is 6.10 Å². The summed E-state index contributed by atoms with van der Waals surface area (Å²) in [7, 11) is 0. The Morgan fingerprint density at radius 2 is 2.07 bits per heavy atom. The molecule has 1 aliphatic rings. The lowest BCUT2D eigenvalue weighted by molar-refractivity contribution is 0.137. The van der Waals surface area contributed by atoms with E-state index in [1.165, 1.54) is 12.8 Å². The van der Waals surface area contributed by atoms with Crippen molar-refractivity contribution in [2.45, 2.75) is 44.5 Å². The second kappa shape index (κ2) is 4.77. The van der Waals surface area contributed by atoms with Crippen LogP contribution in [-0.2, 0) is 4.74 Å². The maximum absolute atomic E-state index is 10.0. The first-order chi connectivity index (χ1) is 7.33. The van der Waals surface area contributed by atoms with E-state index in [-0.39, 0.29) is 12.2 Å². The summed E-state index contributed by atoms with van der Waals surface area (Å²) in [5.41, 5.74) is 0.960. The minimum atomic E-state index is -0.451. The number of rotatable bonds is 5. The summed E-state index contributed by atoms with van der Waals surface area (Å²) in [6, 6.07) is 9.75. The van der Waals surface area contributed by atoms with Crippen LogP contribution in [0.25, 0.3) is 0 Å². The molecule has 15 heavy (non-hydrogen) atoms. The summed E-state index contributed by atoms with van der Waals surface area (Å²) in [5.74, 6) is 0. The molecule has 1 aromatic rings. The molecule has 0 spiro atoms. The summed E-state index contributed by atoms with van der Waals surface area (Å²) in [4.78, 5) is 0. The van der Waals surface area contributed by atoms with Gasteiger partial charge >= 0.3 is 0 Å². The lowest BCUT2D eigenvalue weighted by atomic mass is 10.0. The molecule has 1 fully saturated rings. The molecule has 0 amide bonds. The summed E-state index contributed by atoms with van der Waals surface area (Å²) in [6.07, 6.45) is 3.30. The second-order valence-corrected chi connectivity index (χ2v) is 4.14. The first kappa shape index (κ1) is 10.7. The van der Waals surface area contributed by atoms with E-state index in [1.54, 1.807) is 0 Å². The Kier molecular flexibility index (Phi) is 3.39. The SMILES string of the molecule is CCCC[C@@H]1O[C@H]1[C@H](O)c1ccccc1. The molecule has 0 saturated carbocycles. The summed E-state index contributed by atoms with van der Waals surface area (Å²) < 4.78 is 5.49. The maximum Gasteiger partial charge on any atom is 0.114 e. The van der Waals surface area contributed by atoms with Crippen molar-refractivity contribution in [3.63, 3.8) is 0 Å². The van der Waals surface area contributed by atoms with Crippen molar-refractivity contribution in [1.82, 2.24) is 0 Å². The molecule has 1 saturated heterocycles.